The fourth-order valence-electron chi connectivity index (χ4n) is 2.54. The molecule has 0 saturated heterocycles. The molecule has 0 unspecified atom stereocenters. The molecule has 0 atom stereocenters. The fourth-order valence-corrected chi connectivity index (χ4v) is 2.54. The molecule has 0 aliphatic carbocycles. The lowest BCUT2D eigenvalue weighted by atomic mass is 9.98. The van der Waals surface area contributed by atoms with Gasteiger partial charge in [-0.2, -0.15) is 4.98 Å². The summed E-state index contributed by atoms with van der Waals surface area (Å²) in [4.78, 5) is 31.4. The number of aromatic nitrogens is 2. The second-order valence-corrected chi connectivity index (χ2v) is 5.05. The molecule has 1 aliphatic heterocycles. The van der Waals surface area contributed by atoms with Gasteiger partial charge in [0.05, 0.1) is 5.69 Å². The van der Waals surface area contributed by atoms with Crippen LogP contribution in [0, 0.1) is 6.92 Å². The minimum atomic E-state index is -0.343. The minimum absolute atomic E-state index is 0.135. The van der Waals surface area contributed by atoms with Crippen molar-refractivity contribution in [3.05, 3.63) is 46.0 Å². The van der Waals surface area contributed by atoms with Gasteiger partial charge in [-0.25, -0.2) is 4.79 Å². The predicted molar refractivity (Wildman–Crippen MR) is 76.8 cm³/mol. The van der Waals surface area contributed by atoms with E-state index in [9.17, 15) is 9.59 Å². The minimum Gasteiger partial charge on any atom is -0.315 e. The SMILES string of the molecule is Cc1cc(-c2ccc3c(c2)CCC(=O)N3C)nc(=O)[nH]1. The summed E-state index contributed by atoms with van der Waals surface area (Å²) < 4.78 is 0. The monoisotopic (exact) mass is 269 g/mol. The first kappa shape index (κ1) is 12.6. The number of amides is 1. The number of aromatic amines is 1. The highest BCUT2D eigenvalue weighted by molar-refractivity contribution is 5.96. The number of H-pyrrole nitrogens is 1. The number of carbonyl (C=O) groups is 1. The van der Waals surface area contributed by atoms with Gasteiger partial charge in [0.2, 0.25) is 5.91 Å². The number of benzene rings is 1. The Labute approximate surface area is 116 Å². The lowest BCUT2D eigenvalue weighted by molar-refractivity contribution is -0.118. The highest BCUT2D eigenvalue weighted by Crippen LogP contribution is 2.30. The van der Waals surface area contributed by atoms with Crippen molar-refractivity contribution in [1.29, 1.82) is 0 Å². The third kappa shape index (κ3) is 2.11. The van der Waals surface area contributed by atoms with Crippen molar-refractivity contribution in [2.24, 2.45) is 0 Å². The molecule has 1 aliphatic rings. The van der Waals surface area contributed by atoms with Crippen LogP contribution in [0.1, 0.15) is 17.7 Å². The molecule has 0 bridgehead atoms. The Morgan fingerprint density at radius 2 is 2.00 bits per heavy atom. The Hall–Kier alpha value is -2.43. The summed E-state index contributed by atoms with van der Waals surface area (Å²) in [6.45, 7) is 1.83. The molecule has 0 fully saturated rings. The first-order valence-corrected chi connectivity index (χ1v) is 6.52. The van der Waals surface area contributed by atoms with Gasteiger partial charge in [0.25, 0.3) is 0 Å². The van der Waals surface area contributed by atoms with Gasteiger partial charge in [-0.3, -0.25) is 4.79 Å². The molecule has 5 heteroatoms. The first-order chi connectivity index (χ1) is 9.54. The Morgan fingerprint density at radius 3 is 2.75 bits per heavy atom. The van der Waals surface area contributed by atoms with Crippen molar-refractivity contribution in [2.75, 3.05) is 11.9 Å². The quantitative estimate of drug-likeness (QED) is 0.856. The number of hydrogen-bond donors (Lipinski definition) is 1. The summed E-state index contributed by atoms with van der Waals surface area (Å²) >= 11 is 0. The molecule has 0 spiro atoms. The lowest BCUT2D eigenvalue weighted by Gasteiger charge is -2.26. The normalized spacial score (nSPS) is 14.3. The van der Waals surface area contributed by atoms with Crippen LogP contribution in [0.15, 0.2) is 29.1 Å². The van der Waals surface area contributed by atoms with Crippen LogP contribution in [-0.4, -0.2) is 22.9 Å². The van der Waals surface area contributed by atoms with Gasteiger partial charge < -0.3 is 9.88 Å². The van der Waals surface area contributed by atoms with Gasteiger partial charge in [-0.1, -0.05) is 6.07 Å². The Morgan fingerprint density at radius 1 is 1.20 bits per heavy atom. The molecular formula is C15H15N3O2. The largest absolute Gasteiger partial charge is 0.345 e. The van der Waals surface area contributed by atoms with Gasteiger partial charge in [-0.05, 0) is 37.1 Å². The summed E-state index contributed by atoms with van der Waals surface area (Å²) in [5.74, 6) is 0.135. The zero-order valence-electron chi connectivity index (χ0n) is 11.4. The molecule has 0 saturated carbocycles. The summed E-state index contributed by atoms with van der Waals surface area (Å²) in [6, 6.07) is 7.68. The molecule has 20 heavy (non-hydrogen) atoms. The third-order valence-corrected chi connectivity index (χ3v) is 3.60. The second kappa shape index (κ2) is 4.59. The fraction of sp³-hybridized carbons (Fsp3) is 0.267. The molecule has 1 aromatic carbocycles. The zero-order valence-corrected chi connectivity index (χ0v) is 11.4. The summed E-state index contributed by atoms with van der Waals surface area (Å²) in [5.41, 5.74) is 4.06. The van der Waals surface area contributed by atoms with Crippen LogP contribution in [0.2, 0.25) is 0 Å². The maximum atomic E-state index is 11.7. The van der Waals surface area contributed by atoms with Crippen LogP contribution in [0.3, 0.4) is 0 Å². The molecule has 102 valence electrons. The standard InChI is InChI=1S/C15H15N3O2/c1-9-7-12(17-15(20)16-9)10-3-5-13-11(8-10)4-6-14(19)18(13)2/h3,5,7-8H,4,6H2,1-2H3,(H,16,17,20). The van der Waals surface area contributed by atoms with E-state index in [1.807, 2.05) is 31.2 Å². The van der Waals surface area contributed by atoms with Crippen LogP contribution < -0.4 is 10.6 Å². The van der Waals surface area contributed by atoms with Crippen molar-refractivity contribution in [1.82, 2.24) is 9.97 Å². The number of carbonyl (C=O) groups excluding carboxylic acids is 1. The van der Waals surface area contributed by atoms with E-state index in [1.165, 1.54) is 0 Å². The van der Waals surface area contributed by atoms with Crippen molar-refractivity contribution >= 4 is 11.6 Å². The number of hydrogen-bond acceptors (Lipinski definition) is 3. The van der Waals surface area contributed by atoms with E-state index in [0.29, 0.717) is 12.1 Å². The number of anilines is 1. The van der Waals surface area contributed by atoms with Crippen molar-refractivity contribution in [3.63, 3.8) is 0 Å². The van der Waals surface area contributed by atoms with Crippen LogP contribution in [0.5, 0.6) is 0 Å². The Balaban J connectivity index is 2.09. The summed E-state index contributed by atoms with van der Waals surface area (Å²) in [7, 11) is 1.79. The third-order valence-electron chi connectivity index (χ3n) is 3.60. The molecule has 2 aromatic rings. The van der Waals surface area contributed by atoms with E-state index >= 15 is 0 Å². The average molecular weight is 269 g/mol. The van der Waals surface area contributed by atoms with E-state index < -0.39 is 0 Å². The highest BCUT2D eigenvalue weighted by atomic mass is 16.2. The number of rotatable bonds is 1. The molecular weight excluding hydrogens is 254 g/mol. The molecule has 2 heterocycles. The predicted octanol–water partition coefficient (Wildman–Crippen LogP) is 1.65. The van der Waals surface area contributed by atoms with E-state index in [0.717, 1.165) is 28.9 Å². The summed E-state index contributed by atoms with van der Waals surface area (Å²) in [6.07, 6.45) is 1.25. The molecule has 0 radical (unpaired) electrons. The first-order valence-electron chi connectivity index (χ1n) is 6.52. The van der Waals surface area contributed by atoms with Crippen LogP contribution in [0.25, 0.3) is 11.3 Å². The molecule has 1 aromatic heterocycles. The van der Waals surface area contributed by atoms with Gasteiger partial charge in [0.15, 0.2) is 0 Å². The van der Waals surface area contributed by atoms with Crippen molar-refractivity contribution in [2.45, 2.75) is 19.8 Å². The molecule has 3 rings (SSSR count). The number of nitrogens with zero attached hydrogens (tertiary/aromatic N) is 2. The second-order valence-electron chi connectivity index (χ2n) is 5.05. The molecule has 5 nitrogen and oxygen atoms in total. The summed E-state index contributed by atoms with van der Waals surface area (Å²) in [5, 5.41) is 0. The van der Waals surface area contributed by atoms with E-state index in [2.05, 4.69) is 9.97 Å². The number of nitrogens with one attached hydrogen (secondary N) is 1. The van der Waals surface area contributed by atoms with Crippen LogP contribution in [-0.2, 0) is 11.2 Å². The topological polar surface area (TPSA) is 66.1 Å². The van der Waals surface area contributed by atoms with Crippen molar-refractivity contribution < 1.29 is 4.79 Å². The van der Waals surface area contributed by atoms with E-state index in [-0.39, 0.29) is 11.6 Å². The zero-order chi connectivity index (χ0) is 14.3. The van der Waals surface area contributed by atoms with Gasteiger partial charge in [-0.15, -0.1) is 0 Å². The Kier molecular flexibility index (Phi) is 2.89. The maximum absolute atomic E-state index is 11.7. The van der Waals surface area contributed by atoms with Gasteiger partial charge in [0, 0.05) is 30.4 Å². The van der Waals surface area contributed by atoms with E-state index in [1.54, 1.807) is 11.9 Å². The molecule has 1 N–H and O–H groups in total. The van der Waals surface area contributed by atoms with Gasteiger partial charge in [0.1, 0.15) is 0 Å². The number of aryl methyl sites for hydroxylation is 2. The van der Waals surface area contributed by atoms with Gasteiger partial charge >= 0.3 is 5.69 Å². The Bertz CT molecular complexity index is 749. The average Bonchev–Trinajstić information content (AvgIpc) is 2.41. The van der Waals surface area contributed by atoms with E-state index in [4.69, 9.17) is 0 Å². The van der Waals surface area contributed by atoms with Crippen LogP contribution >= 0.6 is 0 Å². The lowest BCUT2D eigenvalue weighted by Crippen LogP contribution is -2.31. The smallest absolute Gasteiger partial charge is 0.315 e. The van der Waals surface area contributed by atoms with Crippen molar-refractivity contribution in [3.8, 4) is 11.3 Å². The maximum Gasteiger partial charge on any atom is 0.345 e. The molecule has 1 amide bonds. The number of fused-ring (bicyclic) bond motifs is 1. The van der Waals surface area contributed by atoms with Crippen LogP contribution in [0.4, 0.5) is 5.69 Å². The highest BCUT2D eigenvalue weighted by Gasteiger charge is 2.21.